The number of nitrogens with zero attached hydrogens (tertiary/aromatic N) is 3. The third-order valence-corrected chi connectivity index (χ3v) is 3.01. The van der Waals surface area contributed by atoms with E-state index in [4.69, 9.17) is 0 Å². The maximum absolute atomic E-state index is 9.21. The highest BCUT2D eigenvalue weighted by molar-refractivity contribution is 5.60. The molecule has 0 aliphatic rings. The van der Waals surface area contributed by atoms with E-state index in [9.17, 15) is 5.26 Å². The van der Waals surface area contributed by atoms with E-state index < -0.39 is 5.41 Å². The summed E-state index contributed by atoms with van der Waals surface area (Å²) in [4.78, 5) is 8.94. The van der Waals surface area contributed by atoms with E-state index in [1.165, 1.54) is 5.56 Å². The minimum absolute atomic E-state index is 0.575. The first kappa shape index (κ1) is 13.2. The average molecular weight is 251 g/mol. The second-order valence-electron chi connectivity index (χ2n) is 5.32. The van der Waals surface area contributed by atoms with Crippen molar-refractivity contribution in [1.29, 1.82) is 5.26 Å². The molecule has 0 N–H and O–H groups in total. The van der Waals surface area contributed by atoms with Crippen LogP contribution in [0.4, 0.5) is 0 Å². The summed E-state index contributed by atoms with van der Waals surface area (Å²) >= 11 is 0. The molecule has 0 aliphatic heterocycles. The first-order valence-corrected chi connectivity index (χ1v) is 6.27. The third-order valence-electron chi connectivity index (χ3n) is 3.01. The molecule has 0 radical (unpaired) electrons. The van der Waals surface area contributed by atoms with Gasteiger partial charge in [-0.2, -0.15) is 5.26 Å². The Labute approximate surface area is 114 Å². The molecular weight excluding hydrogens is 234 g/mol. The van der Waals surface area contributed by atoms with Gasteiger partial charge in [0.25, 0.3) is 0 Å². The van der Waals surface area contributed by atoms with Gasteiger partial charge in [0, 0.05) is 11.3 Å². The number of benzene rings is 1. The van der Waals surface area contributed by atoms with Crippen LogP contribution in [0.25, 0.3) is 11.3 Å². The Hall–Kier alpha value is -2.21. The van der Waals surface area contributed by atoms with Crippen LogP contribution < -0.4 is 0 Å². The van der Waals surface area contributed by atoms with E-state index in [1.807, 2.05) is 39.0 Å². The molecule has 1 aromatic heterocycles. The standard InChI is InChI=1S/C16H17N3/c1-11-6-5-7-13(8-11)14-9-12(2)18-15(19-14)16(3,4)10-17/h5-9H,1-4H3. The molecule has 1 heterocycles. The summed E-state index contributed by atoms with van der Waals surface area (Å²) in [6.07, 6.45) is 0. The fourth-order valence-corrected chi connectivity index (χ4v) is 1.85. The SMILES string of the molecule is Cc1cccc(-c2cc(C)nc(C(C)(C)C#N)n2)c1. The summed E-state index contributed by atoms with van der Waals surface area (Å²) in [7, 11) is 0. The highest BCUT2D eigenvalue weighted by Gasteiger charge is 2.24. The highest BCUT2D eigenvalue weighted by Crippen LogP contribution is 2.24. The molecule has 0 aliphatic carbocycles. The Morgan fingerprint density at radius 3 is 2.47 bits per heavy atom. The Balaban J connectivity index is 2.58. The summed E-state index contributed by atoms with van der Waals surface area (Å²) in [6.45, 7) is 7.65. The molecule has 3 nitrogen and oxygen atoms in total. The molecule has 3 heteroatoms. The van der Waals surface area contributed by atoms with E-state index in [2.05, 4.69) is 35.1 Å². The lowest BCUT2D eigenvalue weighted by Gasteiger charge is -2.15. The average Bonchev–Trinajstić information content (AvgIpc) is 2.38. The number of rotatable bonds is 2. The summed E-state index contributed by atoms with van der Waals surface area (Å²) in [5, 5.41) is 9.21. The third kappa shape index (κ3) is 2.79. The summed E-state index contributed by atoms with van der Waals surface area (Å²) < 4.78 is 0. The lowest BCUT2D eigenvalue weighted by Crippen LogP contribution is -2.19. The van der Waals surface area contributed by atoms with Crippen molar-refractivity contribution in [2.75, 3.05) is 0 Å². The fourth-order valence-electron chi connectivity index (χ4n) is 1.85. The molecule has 0 spiro atoms. The van der Waals surface area contributed by atoms with Crippen LogP contribution in [0.1, 0.15) is 30.9 Å². The highest BCUT2D eigenvalue weighted by atomic mass is 14.9. The second kappa shape index (κ2) is 4.81. The number of aromatic nitrogens is 2. The van der Waals surface area contributed by atoms with Crippen molar-refractivity contribution >= 4 is 0 Å². The minimum Gasteiger partial charge on any atom is -0.236 e. The first-order valence-electron chi connectivity index (χ1n) is 6.27. The van der Waals surface area contributed by atoms with Crippen molar-refractivity contribution < 1.29 is 0 Å². The lowest BCUT2D eigenvalue weighted by molar-refractivity contribution is 0.626. The van der Waals surface area contributed by atoms with Gasteiger partial charge in [0.05, 0.1) is 11.8 Å². The maximum atomic E-state index is 9.21. The zero-order valence-corrected chi connectivity index (χ0v) is 11.7. The monoisotopic (exact) mass is 251 g/mol. The zero-order valence-electron chi connectivity index (χ0n) is 11.7. The predicted octanol–water partition coefficient (Wildman–Crippen LogP) is 3.56. The maximum Gasteiger partial charge on any atom is 0.148 e. The molecule has 0 bridgehead atoms. The quantitative estimate of drug-likeness (QED) is 0.820. The number of hydrogen-bond acceptors (Lipinski definition) is 3. The molecule has 0 unspecified atom stereocenters. The molecule has 1 aromatic carbocycles. The smallest absolute Gasteiger partial charge is 0.148 e. The molecule has 96 valence electrons. The van der Waals surface area contributed by atoms with Crippen LogP contribution in [0.15, 0.2) is 30.3 Å². The van der Waals surface area contributed by atoms with Crippen LogP contribution in [0.5, 0.6) is 0 Å². The first-order chi connectivity index (χ1) is 8.92. The van der Waals surface area contributed by atoms with Crippen molar-refractivity contribution in [2.45, 2.75) is 33.1 Å². The number of hydrogen-bond donors (Lipinski definition) is 0. The second-order valence-corrected chi connectivity index (χ2v) is 5.32. The van der Waals surface area contributed by atoms with Gasteiger partial charge in [-0.25, -0.2) is 9.97 Å². The van der Waals surface area contributed by atoms with Crippen LogP contribution in [-0.2, 0) is 5.41 Å². The van der Waals surface area contributed by atoms with Gasteiger partial charge in [0.2, 0.25) is 0 Å². The molecule has 0 atom stereocenters. The van der Waals surface area contributed by atoms with Gasteiger partial charge >= 0.3 is 0 Å². The molecule has 0 saturated heterocycles. The zero-order chi connectivity index (χ0) is 14.0. The van der Waals surface area contributed by atoms with Crippen molar-refractivity contribution in [2.24, 2.45) is 0 Å². The summed E-state index contributed by atoms with van der Waals surface area (Å²) in [5.41, 5.74) is 3.32. The molecule has 0 fully saturated rings. The van der Waals surface area contributed by atoms with Crippen LogP contribution in [0, 0.1) is 25.2 Å². The van der Waals surface area contributed by atoms with Crippen molar-refractivity contribution in [1.82, 2.24) is 9.97 Å². The van der Waals surface area contributed by atoms with Crippen molar-refractivity contribution in [3.63, 3.8) is 0 Å². The lowest BCUT2D eigenvalue weighted by atomic mass is 9.94. The van der Waals surface area contributed by atoms with Gasteiger partial charge < -0.3 is 0 Å². The minimum atomic E-state index is -0.676. The van der Waals surface area contributed by atoms with E-state index in [1.54, 1.807) is 0 Å². The Bertz CT molecular complexity index is 651. The Morgan fingerprint density at radius 1 is 1.11 bits per heavy atom. The van der Waals surface area contributed by atoms with Gasteiger partial charge in [-0.05, 0) is 39.8 Å². The van der Waals surface area contributed by atoms with Gasteiger partial charge in [0.15, 0.2) is 0 Å². The van der Waals surface area contributed by atoms with Gasteiger partial charge in [-0.15, -0.1) is 0 Å². The number of nitriles is 1. The van der Waals surface area contributed by atoms with Gasteiger partial charge in [-0.3, -0.25) is 0 Å². The van der Waals surface area contributed by atoms with Gasteiger partial charge in [0.1, 0.15) is 11.2 Å². The molecule has 19 heavy (non-hydrogen) atoms. The van der Waals surface area contributed by atoms with Gasteiger partial charge in [-0.1, -0.05) is 23.8 Å². The summed E-state index contributed by atoms with van der Waals surface area (Å²) in [6, 6.07) is 12.4. The number of aryl methyl sites for hydroxylation is 2. The van der Waals surface area contributed by atoms with E-state index >= 15 is 0 Å². The van der Waals surface area contributed by atoms with E-state index in [-0.39, 0.29) is 0 Å². The van der Waals surface area contributed by atoms with Crippen molar-refractivity contribution in [3.8, 4) is 17.3 Å². The summed E-state index contributed by atoms with van der Waals surface area (Å²) in [5.74, 6) is 0.575. The van der Waals surface area contributed by atoms with E-state index in [0.29, 0.717) is 5.82 Å². The van der Waals surface area contributed by atoms with Crippen LogP contribution in [0.3, 0.4) is 0 Å². The Morgan fingerprint density at radius 2 is 1.84 bits per heavy atom. The molecular formula is C16H17N3. The predicted molar refractivity (Wildman–Crippen MR) is 75.6 cm³/mol. The fraction of sp³-hybridized carbons (Fsp3) is 0.312. The molecule has 2 aromatic rings. The van der Waals surface area contributed by atoms with E-state index in [0.717, 1.165) is 17.0 Å². The van der Waals surface area contributed by atoms with Crippen LogP contribution in [0.2, 0.25) is 0 Å². The van der Waals surface area contributed by atoms with Crippen LogP contribution >= 0.6 is 0 Å². The molecule has 0 saturated carbocycles. The topological polar surface area (TPSA) is 49.6 Å². The Kier molecular flexibility index (Phi) is 3.35. The van der Waals surface area contributed by atoms with Crippen LogP contribution in [-0.4, -0.2) is 9.97 Å². The largest absolute Gasteiger partial charge is 0.236 e. The normalized spacial score (nSPS) is 11.1. The molecule has 2 rings (SSSR count). The van der Waals surface area contributed by atoms with Crippen molar-refractivity contribution in [3.05, 3.63) is 47.4 Å². The molecule has 0 amide bonds.